The van der Waals surface area contributed by atoms with E-state index in [9.17, 15) is 0 Å². The van der Waals surface area contributed by atoms with Crippen molar-refractivity contribution in [2.75, 3.05) is 40.5 Å². The van der Waals surface area contributed by atoms with Gasteiger partial charge in [0, 0.05) is 13.1 Å². The Morgan fingerprint density at radius 2 is 1.85 bits per heavy atom. The topological polar surface area (TPSA) is 62.8 Å². The Bertz CT molecular complexity index is 402. The van der Waals surface area contributed by atoms with E-state index in [0.717, 1.165) is 41.8 Å². The van der Waals surface area contributed by atoms with Crippen molar-refractivity contribution < 1.29 is 14.6 Å². The van der Waals surface area contributed by atoms with Gasteiger partial charge in [0.25, 0.3) is 0 Å². The molecule has 6 heteroatoms. The molecule has 0 heterocycles. The largest absolute Gasteiger partial charge is 0.493 e. The number of aliphatic hydroxyl groups is 1. The van der Waals surface area contributed by atoms with Crippen molar-refractivity contribution in [1.82, 2.24) is 10.6 Å². The second kappa shape index (κ2) is 9.99. The summed E-state index contributed by atoms with van der Waals surface area (Å²) in [4.78, 5) is 0. The molecule has 0 aromatic heterocycles. The minimum absolute atomic E-state index is 0.188. The maximum Gasteiger partial charge on any atom is 0.174 e. The van der Waals surface area contributed by atoms with Gasteiger partial charge in [-0.15, -0.1) is 0 Å². The molecule has 0 aliphatic rings. The quantitative estimate of drug-likeness (QED) is 0.561. The van der Waals surface area contributed by atoms with Crippen LogP contribution in [-0.2, 0) is 6.54 Å². The maximum atomic E-state index is 8.63. The van der Waals surface area contributed by atoms with E-state index < -0.39 is 0 Å². The molecule has 0 spiro atoms. The molecule has 0 bridgehead atoms. The molecule has 0 aliphatic heterocycles. The molecule has 1 aromatic carbocycles. The first-order valence-electron chi connectivity index (χ1n) is 6.65. The normalized spacial score (nSPS) is 10.6. The molecule has 5 nitrogen and oxygen atoms in total. The average Bonchev–Trinajstić information content (AvgIpc) is 2.45. The van der Waals surface area contributed by atoms with Crippen molar-refractivity contribution in [1.29, 1.82) is 0 Å². The summed E-state index contributed by atoms with van der Waals surface area (Å²) >= 11 is 3.48. The predicted octanol–water partition coefficient (Wildman–Crippen LogP) is 1.53. The zero-order chi connectivity index (χ0) is 14.8. The highest BCUT2D eigenvalue weighted by Gasteiger charge is 2.10. The molecular weight excluding hydrogens is 324 g/mol. The van der Waals surface area contributed by atoms with Crippen molar-refractivity contribution >= 4 is 15.9 Å². The van der Waals surface area contributed by atoms with Crippen LogP contribution in [0.25, 0.3) is 0 Å². The number of hydrogen-bond donors (Lipinski definition) is 3. The molecule has 0 aliphatic carbocycles. The smallest absolute Gasteiger partial charge is 0.174 e. The standard InChI is InChI=1S/C14H23BrN2O3/c1-19-13-9-11(8-12(15)14(13)20-2)10-17-5-3-4-16-6-7-18/h8-9,16-18H,3-7,10H2,1-2H3. The van der Waals surface area contributed by atoms with Crippen molar-refractivity contribution in [3.63, 3.8) is 0 Å². The Hall–Kier alpha value is -0.820. The molecule has 0 fully saturated rings. The third kappa shape index (κ3) is 5.66. The first-order valence-corrected chi connectivity index (χ1v) is 7.45. The van der Waals surface area contributed by atoms with Gasteiger partial charge in [0.2, 0.25) is 0 Å². The highest BCUT2D eigenvalue weighted by molar-refractivity contribution is 9.10. The monoisotopic (exact) mass is 346 g/mol. The van der Waals surface area contributed by atoms with Gasteiger partial charge >= 0.3 is 0 Å². The Balaban J connectivity index is 2.39. The van der Waals surface area contributed by atoms with Crippen LogP contribution in [-0.4, -0.2) is 45.6 Å². The lowest BCUT2D eigenvalue weighted by Crippen LogP contribution is -2.23. The number of methoxy groups -OCH3 is 2. The van der Waals surface area contributed by atoms with E-state index in [2.05, 4.69) is 26.6 Å². The van der Waals surface area contributed by atoms with Gasteiger partial charge in [-0.2, -0.15) is 0 Å². The number of nitrogens with one attached hydrogen (secondary N) is 2. The summed E-state index contributed by atoms with van der Waals surface area (Å²) in [5, 5.41) is 15.1. The molecule has 1 aromatic rings. The van der Waals surface area contributed by atoms with E-state index in [-0.39, 0.29) is 6.61 Å². The van der Waals surface area contributed by atoms with Crippen molar-refractivity contribution in [3.8, 4) is 11.5 Å². The number of rotatable bonds is 10. The highest BCUT2D eigenvalue weighted by atomic mass is 79.9. The number of ether oxygens (including phenoxy) is 2. The third-order valence-electron chi connectivity index (χ3n) is 2.82. The van der Waals surface area contributed by atoms with Crippen LogP contribution in [0.15, 0.2) is 16.6 Å². The van der Waals surface area contributed by atoms with E-state index in [1.165, 1.54) is 0 Å². The Kier molecular flexibility index (Phi) is 8.60. The molecule has 0 saturated carbocycles. The van der Waals surface area contributed by atoms with Crippen LogP contribution in [0, 0.1) is 0 Å². The zero-order valence-electron chi connectivity index (χ0n) is 12.0. The summed E-state index contributed by atoms with van der Waals surface area (Å²) in [7, 11) is 3.26. The maximum absolute atomic E-state index is 8.63. The van der Waals surface area contributed by atoms with Gasteiger partial charge in [-0.1, -0.05) is 0 Å². The van der Waals surface area contributed by atoms with Crippen LogP contribution in [0.5, 0.6) is 11.5 Å². The number of hydrogen-bond acceptors (Lipinski definition) is 5. The van der Waals surface area contributed by atoms with Crippen LogP contribution in [0.4, 0.5) is 0 Å². The number of halogens is 1. The number of aliphatic hydroxyl groups excluding tert-OH is 1. The van der Waals surface area contributed by atoms with Crippen LogP contribution in [0.2, 0.25) is 0 Å². The molecule has 0 saturated heterocycles. The summed E-state index contributed by atoms with van der Waals surface area (Å²) in [6.45, 7) is 3.45. The fourth-order valence-electron chi connectivity index (χ4n) is 1.85. The van der Waals surface area contributed by atoms with Gasteiger partial charge in [0.15, 0.2) is 11.5 Å². The lowest BCUT2D eigenvalue weighted by molar-refractivity contribution is 0.292. The second-order valence-electron chi connectivity index (χ2n) is 4.32. The molecule has 0 amide bonds. The molecule has 0 atom stereocenters. The zero-order valence-corrected chi connectivity index (χ0v) is 13.6. The Morgan fingerprint density at radius 3 is 2.50 bits per heavy atom. The van der Waals surface area contributed by atoms with E-state index in [1.807, 2.05) is 12.1 Å². The van der Waals surface area contributed by atoms with Crippen molar-refractivity contribution in [2.24, 2.45) is 0 Å². The summed E-state index contributed by atoms with van der Waals surface area (Å²) in [5.41, 5.74) is 1.14. The van der Waals surface area contributed by atoms with Crippen LogP contribution in [0.3, 0.4) is 0 Å². The van der Waals surface area contributed by atoms with Gasteiger partial charge in [-0.3, -0.25) is 0 Å². The van der Waals surface area contributed by atoms with Gasteiger partial charge in [0.1, 0.15) is 0 Å². The third-order valence-corrected chi connectivity index (χ3v) is 3.41. The first-order chi connectivity index (χ1) is 9.72. The lowest BCUT2D eigenvalue weighted by Gasteiger charge is -2.12. The molecule has 20 heavy (non-hydrogen) atoms. The van der Waals surface area contributed by atoms with E-state index in [0.29, 0.717) is 12.3 Å². The summed E-state index contributed by atoms with van der Waals surface area (Å²) in [6.07, 6.45) is 1.02. The molecule has 1 rings (SSSR count). The summed E-state index contributed by atoms with van der Waals surface area (Å²) in [6, 6.07) is 4.00. The van der Waals surface area contributed by atoms with Crippen LogP contribution in [0.1, 0.15) is 12.0 Å². The van der Waals surface area contributed by atoms with Gasteiger partial charge in [-0.05, 0) is 53.1 Å². The van der Waals surface area contributed by atoms with Crippen LogP contribution < -0.4 is 20.1 Å². The molecule has 0 unspecified atom stereocenters. The highest BCUT2D eigenvalue weighted by Crippen LogP contribution is 2.36. The first kappa shape index (κ1) is 17.2. The summed E-state index contributed by atoms with van der Waals surface area (Å²) in [5.74, 6) is 1.44. The average molecular weight is 347 g/mol. The minimum Gasteiger partial charge on any atom is -0.493 e. The summed E-state index contributed by atoms with van der Waals surface area (Å²) < 4.78 is 11.5. The van der Waals surface area contributed by atoms with Crippen molar-refractivity contribution in [2.45, 2.75) is 13.0 Å². The minimum atomic E-state index is 0.188. The van der Waals surface area contributed by atoms with E-state index in [4.69, 9.17) is 14.6 Å². The van der Waals surface area contributed by atoms with Gasteiger partial charge in [0.05, 0.1) is 25.3 Å². The molecule has 114 valence electrons. The molecule has 3 N–H and O–H groups in total. The Morgan fingerprint density at radius 1 is 1.10 bits per heavy atom. The fourth-order valence-corrected chi connectivity index (χ4v) is 2.50. The van der Waals surface area contributed by atoms with Crippen LogP contribution >= 0.6 is 15.9 Å². The number of benzene rings is 1. The molecular formula is C14H23BrN2O3. The van der Waals surface area contributed by atoms with E-state index in [1.54, 1.807) is 14.2 Å². The SMILES string of the molecule is COc1cc(CNCCCNCCO)cc(Br)c1OC. The second-order valence-corrected chi connectivity index (χ2v) is 5.17. The van der Waals surface area contributed by atoms with Crippen molar-refractivity contribution in [3.05, 3.63) is 22.2 Å². The lowest BCUT2D eigenvalue weighted by atomic mass is 10.2. The van der Waals surface area contributed by atoms with Gasteiger partial charge < -0.3 is 25.2 Å². The predicted molar refractivity (Wildman–Crippen MR) is 83.5 cm³/mol. The molecule has 0 radical (unpaired) electrons. The Labute approximate surface area is 128 Å². The van der Waals surface area contributed by atoms with Gasteiger partial charge in [-0.25, -0.2) is 0 Å². The fraction of sp³-hybridized carbons (Fsp3) is 0.571. The van der Waals surface area contributed by atoms with E-state index >= 15 is 0 Å².